The molecule has 0 spiro atoms. The van der Waals surface area contributed by atoms with Gasteiger partial charge in [-0.25, -0.2) is 0 Å². The Morgan fingerprint density at radius 3 is 2.04 bits per heavy atom. The van der Waals surface area contributed by atoms with Gasteiger partial charge in [0.05, 0.1) is 6.61 Å². The van der Waals surface area contributed by atoms with Gasteiger partial charge < -0.3 is 4.74 Å². The zero-order valence-corrected chi connectivity index (χ0v) is 15.9. The number of ether oxygens (including phenoxy) is 1. The molecule has 0 aromatic heterocycles. The molecule has 0 amide bonds. The van der Waals surface area contributed by atoms with E-state index < -0.39 is 0 Å². The van der Waals surface area contributed by atoms with Crippen LogP contribution in [0.3, 0.4) is 0 Å². The first kappa shape index (κ1) is 19.3. The normalized spacial score (nSPS) is 12.6. The first-order chi connectivity index (χ1) is 12.1. The minimum absolute atomic E-state index is 0.742. The van der Waals surface area contributed by atoms with Crippen molar-refractivity contribution in [2.45, 2.75) is 46.5 Å². The topological polar surface area (TPSA) is 9.23 Å². The summed E-state index contributed by atoms with van der Waals surface area (Å²) in [5.74, 6) is 2.52. The van der Waals surface area contributed by atoms with Gasteiger partial charge in [0.25, 0.3) is 0 Å². The summed E-state index contributed by atoms with van der Waals surface area (Å²) in [5, 5.41) is 0. The molecule has 0 aliphatic carbocycles. The molecule has 2 aromatic carbocycles. The van der Waals surface area contributed by atoms with Crippen molar-refractivity contribution in [2.75, 3.05) is 6.61 Å². The summed E-state index contributed by atoms with van der Waals surface area (Å²) in [4.78, 5) is 0. The van der Waals surface area contributed by atoms with Crippen LogP contribution in [0.5, 0.6) is 5.75 Å². The summed E-state index contributed by atoms with van der Waals surface area (Å²) >= 11 is 0. The highest BCUT2D eigenvalue weighted by Crippen LogP contribution is 2.18. The van der Waals surface area contributed by atoms with Gasteiger partial charge in [0.15, 0.2) is 0 Å². The highest BCUT2D eigenvalue weighted by molar-refractivity contribution is 5.69. The van der Waals surface area contributed by atoms with Gasteiger partial charge in [0, 0.05) is 0 Å². The molecule has 0 bridgehead atoms. The predicted molar refractivity (Wildman–Crippen MR) is 110 cm³/mol. The van der Waals surface area contributed by atoms with Crippen molar-refractivity contribution in [1.82, 2.24) is 0 Å². The summed E-state index contributed by atoms with van der Waals surface area (Å²) in [7, 11) is 0. The fourth-order valence-corrected chi connectivity index (χ4v) is 2.83. The lowest BCUT2D eigenvalue weighted by Gasteiger charge is -2.13. The van der Waals surface area contributed by atoms with Crippen LogP contribution < -0.4 is 4.74 Å². The van der Waals surface area contributed by atoms with Crippen LogP contribution in [0.4, 0.5) is 0 Å². The van der Waals surface area contributed by atoms with Crippen LogP contribution in [-0.4, -0.2) is 6.61 Å². The molecule has 0 aliphatic heterocycles. The molecular weight excluding hydrogens is 304 g/mol. The Labute approximate surface area is 153 Å². The molecular formula is C24H32O. The van der Waals surface area contributed by atoms with Gasteiger partial charge in [0.1, 0.15) is 5.75 Å². The molecule has 0 heterocycles. The van der Waals surface area contributed by atoms with Gasteiger partial charge in [-0.05, 0) is 41.5 Å². The van der Waals surface area contributed by atoms with Gasteiger partial charge in [-0.1, -0.05) is 94.7 Å². The highest BCUT2D eigenvalue weighted by atomic mass is 16.5. The van der Waals surface area contributed by atoms with E-state index in [1.165, 1.54) is 30.4 Å². The Kier molecular flexibility index (Phi) is 8.31. The maximum atomic E-state index is 5.90. The first-order valence-electron chi connectivity index (χ1n) is 9.59. The van der Waals surface area contributed by atoms with Gasteiger partial charge in [-0.15, -0.1) is 0 Å². The molecule has 0 N–H and O–H groups in total. The first-order valence-corrected chi connectivity index (χ1v) is 9.59. The Morgan fingerprint density at radius 2 is 1.40 bits per heavy atom. The molecule has 1 heteroatoms. The predicted octanol–water partition coefficient (Wildman–Crippen LogP) is 7.09. The van der Waals surface area contributed by atoms with Crippen molar-refractivity contribution in [3.8, 4) is 5.75 Å². The van der Waals surface area contributed by atoms with Gasteiger partial charge >= 0.3 is 0 Å². The Morgan fingerprint density at radius 1 is 0.760 bits per heavy atom. The molecule has 1 nitrogen and oxygen atoms in total. The number of hydrogen-bond acceptors (Lipinski definition) is 1. The third-order valence-corrected chi connectivity index (χ3v) is 4.51. The van der Waals surface area contributed by atoms with E-state index in [1.807, 2.05) is 6.07 Å². The zero-order valence-electron chi connectivity index (χ0n) is 15.9. The van der Waals surface area contributed by atoms with Crippen LogP contribution in [0, 0.1) is 11.8 Å². The van der Waals surface area contributed by atoms with Crippen molar-refractivity contribution in [2.24, 2.45) is 11.8 Å². The van der Waals surface area contributed by atoms with Gasteiger partial charge in [-0.2, -0.15) is 0 Å². The fourth-order valence-electron chi connectivity index (χ4n) is 2.83. The lowest BCUT2D eigenvalue weighted by molar-refractivity contribution is 0.275. The molecule has 0 saturated carbocycles. The van der Waals surface area contributed by atoms with E-state index in [0.29, 0.717) is 0 Å². The van der Waals surface area contributed by atoms with Gasteiger partial charge in [0.2, 0.25) is 0 Å². The standard InChI is InChI=1S/C24H32O/c1-20(2)8-7-9-21(3)18-19-25-24-16-14-23(15-17-24)13-12-22-10-5-4-6-11-22/h4-6,10-17,20-21H,7-9,18-19H2,1-3H3. The summed E-state index contributed by atoms with van der Waals surface area (Å²) < 4.78 is 5.90. The van der Waals surface area contributed by atoms with Crippen molar-refractivity contribution >= 4 is 12.2 Å². The monoisotopic (exact) mass is 336 g/mol. The largest absolute Gasteiger partial charge is 0.494 e. The maximum absolute atomic E-state index is 5.90. The minimum Gasteiger partial charge on any atom is -0.494 e. The summed E-state index contributed by atoms with van der Waals surface area (Å²) in [6, 6.07) is 18.7. The van der Waals surface area contributed by atoms with Crippen LogP contribution in [0.2, 0.25) is 0 Å². The van der Waals surface area contributed by atoms with E-state index in [2.05, 4.69) is 81.5 Å². The quantitative estimate of drug-likeness (QED) is 0.421. The SMILES string of the molecule is CC(C)CCCC(C)CCOc1ccc(C=Cc2ccccc2)cc1. The molecule has 0 radical (unpaired) electrons. The molecule has 1 unspecified atom stereocenters. The average Bonchev–Trinajstić information content (AvgIpc) is 2.61. The summed E-state index contributed by atoms with van der Waals surface area (Å²) in [6.07, 6.45) is 9.38. The molecule has 0 fully saturated rings. The van der Waals surface area contributed by atoms with Crippen LogP contribution in [-0.2, 0) is 0 Å². The Balaban J connectivity index is 1.70. The zero-order chi connectivity index (χ0) is 17.9. The molecule has 2 rings (SSSR count). The molecule has 0 aliphatic rings. The second-order valence-electron chi connectivity index (χ2n) is 7.38. The van der Waals surface area contributed by atoms with E-state index >= 15 is 0 Å². The van der Waals surface area contributed by atoms with E-state index in [4.69, 9.17) is 4.74 Å². The lowest BCUT2D eigenvalue weighted by Crippen LogP contribution is -2.04. The smallest absolute Gasteiger partial charge is 0.119 e. The lowest BCUT2D eigenvalue weighted by atomic mass is 9.98. The number of benzene rings is 2. The third kappa shape index (κ3) is 8.07. The molecule has 1 atom stereocenters. The maximum Gasteiger partial charge on any atom is 0.119 e. The van der Waals surface area contributed by atoms with Crippen LogP contribution in [0.15, 0.2) is 54.6 Å². The average molecular weight is 337 g/mol. The van der Waals surface area contributed by atoms with Crippen molar-refractivity contribution in [3.63, 3.8) is 0 Å². The van der Waals surface area contributed by atoms with Crippen LogP contribution in [0.25, 0.3) is 12.2 Å². The minimum atomic E-state index is 0.742. The van der Waals surface area contributed by atoms with E-state index in [-0.39, 0.29) is 0 Å². The second kappa shape index (κ2) is 10.8. The van der Waals surface area contributed by atoms with Gasteiger partial charge in [-0.3, -0.25) is 0 Å². The van der Waals surface area contributed by atoms with Crippen LogP contribution in [0.1, 0.15) is 57.6 Å². The molecule has 25 heavy (non-hydrogen) atoms. The summed E-state index contributed by atoms with van der Waals surface area (Å²) in [6.45, 7) is 7.74. The Hall–Kier alpha value is -2.02. The molecule has 0 saturated heterocycles. The number of hydrogen-bond donors (Lipinski definition) is 0. The van der Waals surface area contributed by atoms with Crippen LogP contribution >= 0.6 is 0 Å². The van der Waals surface area contributed by atoms with E-state index in [0.717, 1.165) is 30.6 Å². The van der Waals surface area contributed by atoms with Crippen molar-refractivity contribution in [1.29, 1.82) is 0 Å². The Bertz CT molecular complexity index is 610. The number of rotatable bonds is 10. The third-order valence-electron chi connectivity index (χ3n) is 4.51. The van der Waals surface area contributed by atoms with E-state index in [9.17, 15) is 0 Å². The van der Waals surface area contributed by atoms with E-state index in [1.54, 1.807) is 0 Å². The molecule has 2 aromatic rings. The summed E-state index contributed by atoms with van der Waals surface area (Å²) in [5.41, 5.74) is 2.41. The van der Waals surface area contributed by atoms with Crippen molar-refractivity contribution in [3.05, 3.63) is 65.7 Å². The second-order valence-corrected chi connectivity index (χ2v) is 7.38. The fraction of sp³-hybridized carbons (Fsp3) is 0.417. The van der Waals surface area contributed by atoms with Crippen molar-refractivity contribution < 1.29 is 4.74 Å². The highest BCUT2D eigenvalue weighted by Gasteiger charge is 2.04. The molecule has 134 valence electrons.